The summed E-state index contributed by atoms with van der Waals surface area (Å²) in [5.41, 5.74) is 1.16. The largest absolute Gasteiger partial charge is 0.444 e. The maximum atomic E-state index is 11.2. The van der Waals surface area contributed by atoms with E-state index in [1.165, 1.54) is 6.92 Å². The lowest BCUT2D eigenvalue weighted by molar-refractivity contribution is -0.132. The molecule has 0 saturated carbocycles. The number of carbonyl (C=O) groups excluding carboxylic acids is 1. The van der Waals surface area contributed by atoms with Crippen LogP contribution in [0.25, 0.3) is 0 Å². The van der Waals surface area contributed by atoms with Crippen LogP contribution in [-0.2, 0) is 11.2 Å². The molecule has 1 unspecified atom stereocenters. The Morgan fingerprint density at radius 2 is 2.06 bits per heavy atom. The number of ether oxygens (including phenoxy) is 2. The molecule has 0 amide bonds. The third-order valence-electron chi connectivity index (χ3n) is 2.78. The first kappa shape index (κ1) is 12.7. The number of fused-ring (bicyclic) bond motifs is 1. The molecule has 0 bridgehead atoms. The molecule has 0 N–H and O–H groups in total. The van der Waals surface area contributed by atoms with Crippen LogP contribution in [0.15, 0.2) is 30.4 Å². The smallest absolute Gasteiger partial charge is 0.300 e. The molecule has 1 atom stereocenters. The molecule has 0 spiro atoms. The van der Waals surface area contributed by atoms with E-state index in [1.807, 2.05) is 18.2 Å². The van der Waals surface area contributed by atoms with Gasteiger partial charge in [0, 0.05) is 6.92 Å². The Bertz CT molecular complexity index is 463. The number of hydrogen-bond acceptors (Lipinski definition) is 3. The monoisotopic (exact) mass is 246 g/mol. The van der Waals surface area contributed by atoms with Gasteiger partial charge in [0.1, 0.15) is 0 Å². The van der Waals surface area contributed by atoms with E-state index in [4.69, 9.17) is 9.47 Å². The van der Waals surface area contributed by atoms with Crippen LogP contribution in [0.3, 0.4) is 0 Å². The number of allylic oxidation sites excluding steroid dienone is 2. The van der Waals surface area contributed by atoms with Crippen LogP contribution in [-0.4, -0.2) is 12.1 Å². The molecule has 1 aliphatic rings. The van der Waals surface area contributed by atoms with Crippen molar-refractivity contribution in [3.63, 3.8) is 0 Å². The zero-order valence-corrected chi connectivity index (χ0v) is 10.8. The molecule has 2 rings (SSSR count). The van der Waals surface area contributed by atoms with Gasteiger partial charge in [-0.05, 0) is 30.5 Å². The van der Waals surface area contributed by atoms with Gasteiger partial charge in [0.25, 0.3) is 0 Å². The quantitative estimate of drug-likeness (QED) is 0.748. The highest BCUT2D eigenvalue weighted by Crippen LogP contribution is 2.35. The van der Waals surface area contributed by atoms with Gasteiger partial charge in [-0.15, -0.1) is 0 Å². The highest BCUT2D eigenvalue weighted by Gasteiger charge is 2.27. The van der Waals surface area contributed by atoms with Gasteiger partial charge < -0.3 is 9.47 Å². The van der Waals surface area contributed by atoms with Gasteiger partial charge in [-0.1, -0.05) is 31.6 Å². The number of Topliss-reactive ketones (excluding diaryl/α,β-unsaturated/α-hetero) is 1. The Labute approximate surface area is 107 Å². The first-order chi connectivity index (χ1) is 8.70. The van der Waals surface area contributed by atoms with Crippen LogP contribution >= 0.6 is 0 Å². The second-order valence-electron chi connectivity index (χ2n) is 4.42. The fourth-order valence-electron chi connectivity index (χ4n) is 1.79. The normalized spacial score (nSPS) is 17.3. The van der Waals surface area contributed by atoms with Gasteiger partial charge in [-0.25, -0.2) is 0 Å². The van der Waals surface area contributed by atoms with Crippen molar-refractivity contribution in [3.05, 3.63) is 35.9 Å². The van der Waals surface area contributed by atoms with E-state index in [2.05, 4.69) is 19.1 Å². The summed E-state index contributed by atoms with van der Waals surface area (Å²) in [4.78, 5) is 11.2. The van der Waals surface area contributed by atoms with Crippen molar-refractivity contribution in [2.24, 2.45) is 0 Å². The first-order valence-electron chi connectivity index (χ1n) is 6.32. The minimum absolute atomic E-state index is 0.115. The molecule has 1 aliphatic heterocycles. The molecule has 0 fully saturated rings. The molecule has 1 heterocycles. The summed E-state index contributed by atoms with van der Waals surface area (Å²) in [6.45, 7) is 3.62. The van der Waals surface area contributed by atoms with Crippen molar-refractivity contribution in [3.8, 4) is 11.5 Å². The maximum Gasteiger partial charge on any atom is 0.300 e. The lowest BCUT2D eigenvalue weighted by atomic mass is 10.1. The van der Waals surface area contributed by atoms with E-state index in [1.54, 1.807) is 0 Å². The second kappa shape index (κ2) is 5.71. The summed E-state index contributed by atoms with van der Waals surface area (Å²) in [5.74, 6) is 1.20. The van der Waals surface area contributed by atoms with E-state index in [9.17, 15) is 4.79 Å². The van der Waals surface area contributed by atoms with E-state index < -0.39 is 6.29 Å². The fraction of sp³-hybridized carbons (Fsp3) is 0.400. The molecule has 0 radical (unpaired) electrons. The Morgan fingerprint density at radius 3 is 2.78 bits per heavy atom. The Balaban J connectivity index is 2.02. The molecule has 3 heteroatoms. The molecule has 96 valence electrons. The summed E-state index contributed by atoms with van der Waals surface area (Å²) in [7, 11) is 0. The minimum Gasteiger partial charge on any atom is -0.444 e. The van der Waals surface area contributed by atoms with Gasteiger partial charge in [0.2, 0.25) is 5.78 Å². The summed E-state index contributed by atoms with van der Waals surface area (Å²) in [5, 5.41) is 0. The van der Waals surface area contributed by atoms with Crippen LogP contribution in [0, 0.1) is 0 Å². The lowest BCUT2D eigenvalue weighted by Gasteiger charge is -2.03. The average Bonchev–Trinajstić information content (AvgIpc) is 2.78. The van der Waals surface area contributed by atoms with Crippen molar-refractivity contribution in [1.29, 1.82) is 0 Å². The van der Waals surface area contributed by atoms with E-state index in [-0.39, 0.29) is 5.78 Å². The molecule has 0 saturated heterocycles. The van der Waals surface area contributed by atoms with Crippen LogP contribution < -0.4 is 9.47 Å². The fourth-order valence-corrected chi connectivity index (χ4v) is 1.79. The first-order valence-corrected chi connectivity index (χ1v) is 6.32. The second-order valence-corrected chi connectivity index (χ2v) is 4.42. The molecule has 0 aromatic heterocycles. The molecular formula is C15H18O3. The lowest BCUT2D eigenvalue weighted by Crippen LogP contribution is -2.26. The van der Waals surface area contributed by atoms with Crippen molar-refractivity contribution in [1.82, 2.24) is 0 Å². The maximum absolute atomic E-state index is 11.2. The number of rotatable bonds is 5. The van der Waals surface area contributed by atoms with Gasteiger partial charge >= 0.3 is 6.29 Å². The topological polar surface area (TPSA) is 35.5 Å². The number of carbonyl (C=O) groups is 1. The third kappa shape index (κ3) is 2.92. The highest BCUT2D eigenvalue weighted by molar-refractivity contribution is 5.80. The molecule has 1 aromatic carbocycles. The predicted molar refractivity (Wildman–Crippen MR) is 69.9 cm³/mol. The van der Waals surface area contributed by atoms with Gasteiger partial charge in [-0.3, -0.25) is 4.79 Å². The summed E-state index contributed by atoms with van der Waals surface area (Å²) < 4.78 is 10.8. The van der Waals surface area contributed by atoms with Gasteiger partial charge in [0.15, 0.2) is 11.5 Å². The highest BCUT2D eigenvalue weighted by atomic mass is 16.7. The third-order valence-corrected chi connectivity index (χ3v) is 2.78. The molecule has 18 heavy (non-hydrogen) atoms. The Kier molecular flexibility index (Phi) is 4.03. The van der Waals surface area contributed by atoms with Crippen LogP contribution in [0.5, 0.6) is 11.5 Å². The van der Waals surface area contributed by atoms with Crippen LogP contribution in [0.1, 0.15) is 32.3 Å². The van der Waals surface area contributed by atoms with E-state index >= 15 is 0 Å². The molecule has 1 aromatic rings. The van der Waals surface area contributed by atoms with Crippen molar-refractivity contribution in [2.75, 3.05) is 0 Å². The number of ketones is 1. The van der Waals surface area contributed by atoms with Crippen molar-refractivity contribution in [2.45, 2.75) is 39.4 Å². The van der Waals surface area contributed by atoms with E-state index in [0.29, 0.717) is 11.5 Å². The van der Waals surface area contributed by atoms with Gasteiger partial charge in [0.05, 0.1) is 0 Å². The SMILES string of the molecule is CCC/C=C\Cc1ccc2c(c1)OC(C(C)=O)O2. The number of benzene rings is 1. The number of unbranched alkanes of at least 4 members (excludes halogenated alkanes) is 1. The summed E-state index contributed by atoms with van der Waals surface area (Å²) >= 11 is 0. The predicted octanol–water partition coefficient (Wildman–Crippen LogP) is 3.27. The standard InChI is InChI=1S/C15H18O3/c1-3-4-5-6-7-12-8-9-13-14(10-12)18-15(17-13)11(2)16/h5-6,8-10,15H,3-4,7H2,1-2H3/b6-5-. The Hall–Kier alpha value is -1.77. The van der Waals surface area contributed by atoms with Gasteiger partial charge in [-0.2, -0.15) is 0 Å². The Morgan fingerprint density at radius 1 is 1.28 bits per heavy atom. The van der Waals surface area contributed by atoms with Crippen LogP contribution in [0.4, 0.5) is 0 Å². The molecule has 0 aliphatic carbocycles. The summed E-state index contributed by atoms with van der Waals surface area (Å²) in [6, 6.07) is 5.80. The van der Waals surface area contributed by atoms with Crippen LogP contribution in [0.2, 0.25) is 0 Å². The van der Waals surface area contributed by atoms with E-state index in [0.717, 1.165) is 24.8 Å². The zero-order chi connectivity index (χ0) is 13.0. The molecule has 3 nitrogen and oxygen atoms in total. The average molecular weight is 246 g/mol. The zero-order valence-electron chi connectivity index (χ0n) is 10.8. The van der Waals surface area contributed by atoms with Crippen molar-refractivity contribution < 1.29 is 14.3 Å². The minimum atomic E-state index is -0.772. The number of hydrogen-bond donors (Lipinski definition) is 0. The summed E-state index contributed by atoms with van der Waals surface area (Å²) in [6.07, 6.45) is 6.72. The van der Waals surface area contributed by atoms with Crippen molar-refractivity contribution >= 4 is 5.78 Å². The molecular weight excluding hydrogens is 228 g/mol.